The summed E-state index contributed by atoms with van der Waals surface area (Å²) in [6.45, 7) is 0.238. The number of benzene rings is 2. The largest absolute Gasteiger partial charge is 0.478 e. The molecule has 0 spiro atoms. The number of anilines is 2. The van der Waals surface area contributed by atoms with Gasteiger partial charge in [-0.25, -0.2) is 4.79 Å². The number of carboxylic acid groups (broad SMARTS) is 1. The van der Waals surface area contributed by atoms with Crippen molar-refractivity contribution < 1.29 is 19.5 Å². The Labute approximate surface area is 149 Å². The molecule has 0 saturated carbocycles. The molecule has 2 aromatic carbocycles. The topological polar surface area (TPSA) is 86.7 Å². The molecule has 6 nitrogen and oxygen atoms in total. The van der Waals surface area contributed by atoms with Crippen molar-refractivity contribution in [2.75, 3.05) is 16.8 Å². The van der Waals surface area contributed by atoms with Crippen molar-refractivity contribution in [3.05, 3.63) is 59.1 Å². The van der Waals surface area contributed by atoms with Gasteiger partial charge >= 0.3 is 5.97 Å². The van der Waals surface area contributed by atoms with Crippen molar-refractivity contribution in [3.63, 3.8) is 0 Å². The monoisotopic (exact) mass is 358 g/mol. The van der Waals surface area contributed by atoms with Crippen molar-refractivity contribution in [3.8, 4) is 0 Å². The lowest BCUT2D eigenvalue weighted by molar-refractivity contribution is -0.122. The van der Waals surface area contributed by atoms with Crippen LogP contribution in [0.15, 0.2) is 48.5 Å². The van der Waals surface area contributed by atoms with Crippen molar-refractivity contribution in [1.29, 1.82) is 0 Å². The van der Waals surface area contributed by atoms with Gasteiger partial charge in [-0.15, -0.1) is 0 Å². The third kappa shape index (κ3) is 3.64. The third-order valence-electron chi connectivity index (χ3n) is 4.05. The summed E-state index contributed by atoms with van der Waals surface area (Å²) in [5.74, 6) is -2.21. The van der Waals surface area contributed by atoms with Gasteiger partial charge in [0.05, 0.1) is 17.2 Å². The van der Waals surface area contributed by atoms with E-state index in [9.17, 15) is 19.5 Å². The average molecular weight is 359 g/mol. The first-order chi connectivity index (χ1) is 12.0. The van der Waals surface area contributed by atoms with Crippen LogP contribution in [0.5, 0.6) is 0 Å². The van der Waals surface area contributed by atoms with E-state index in [4.69, 9.17) is 11.6 Å². The molecule has 128 valence electrons. The van der Waals surface area contributed by atoms with E-state index >= 15 is 0 Å². The molecule has 2 aromatic rings. The molecule has 2 N–H and O–H groups in total. The van der Waals surface area contributed by atoms with E-state index in [1.807, 2.05) is 0 Å². The summed E-state index contributed by atoms with van der Waals surface area (Å²) in [5, 5.41) is 12.4. The van der Waals surface area contributed by atoms with Gasteiger partial charge in [0.1, 0.15) is 0 Å². The molecule has 0 aliphatic carbocycles. The van der Waals surface area contributed by atoms with Crippen LogP contribution in [0, 0.1) is 5.92 Å². The Bertz CT molecular complexity index is 835. The molecule has 1 unspecified atom stereocenters. The summed E-state index contributed by atoms with van der Waals surface area (Å²) in [5.41, 5.74) is 0.905. The van der Waals surface area contributed by atoms with Crippen LogP contribution in [-0.4, -0.2) is 29.4 Å². The Morgan fingerprint density at radius 3 is 2.48 bits per heavy atom. The van der Waals surface area contributed by atoms with E-state index < -0.39 is 11.9 Å². The van der Waals surface area contributed by atoms with E-state index in [1.54, 1.807) is 36.4 Å². The Morgan fingerprint density at radius 2 is 1.80 bits per heavy atom. The summed E-state index contributed by atoms with van der Waals surface area (Å²) < 4.78 is 0. The van der Waals surface area contributed by atoms with E-state index in [-0.39, 0.29) is 36.0 Å². The predicted octanol–water partition coefficient (Wildman–Crippen LogP) is 3.03. The second-order valence-corrected chi connectivity index (χ2v) is 6.16. The number of para-hydroxylation sites is 1. The first-order valence-electron chi connectivity index (χ1n) is 7.65. The lowest BCUT2D eigenvalue weighted by Crippen LogP contribution is -2.28. The number of nitrogens with one attached hydrogen (secondary N) is 1. The fourth-order valence-electron chi connectivity index (χ4n) is 2.77. The van der Waals surface area contributed by atoms with Crippen LogP contribution >= 0.6 is 11.6 Å². The number of aromatic carboxylic acids is 1. The van der Waals surface area contributed by atoms with Crippen LogP contribution in [0.4, 0.5) is 11.4 Å². The van der Waals surface area contributed by atoms with Gasteiger partial charge < -0.3 is 15.3 Å². The van der Waals surface area contributed by atoms with E-state index in [1.165, 1.54) is 17.0 Å². The maximum atomic E-state index is 12.5. The van der Waals surface area contributed by atoms with Crippen LogP contribution < -0.4 is 10.2 Å². The molecule has 2 amide bonds. The van der Waals surface area contributed by atoms with Crippen LogP contribution in [-0.2, 0) is 9.59 Å². The van der Waals surface area contributed by atoms with E-state index in [2.05, 4.69) is 5.32 Å². The molecule has 7 heteroatoms. The minimum atomic E-state index is -1.12. The van der Waals surface area contributed by atoms with Gasteiger partial charge in [-0.2, -0.15) is 0 Å². The normalized spacial score (nSPS) is 16.8. The van der Waals surface area contributed by atoms with Crippen LogP contribution in [0.25, 0.3) is 0 Å². The van der Waals surface area contributed by atoms with Crippen LogP contribution in [0.2, 0.25) is 5.02 Å². The molecule has 0 radical (unpaired) electrons. The van der Waals surface area contributed by atoms with Gasteiger partial charge in [-0.05, 0) is 36.4 Å². The zero-order valence-corrected chi connectivity index (χ0v) is 13.9. The zero-order chi connectivity index (χ0) is 18.0. The summed E-state index contributed by atoms with van der Waals surface area (Å²) in [7, 11) is 0. The molecule has 3 rings (SSSR count). The molecule has 1 atom stereocenters. The number of hydrogen-bond donors (Lipinski definition) is 2. The second-order valence-electron chi connectivity index (χ2n) is 5.72. The fraction of sp³-hybridized carbons (Fsp3) is 0.167. The lowest BCUT2D eigenvalue weighted by Gasteiger charge is -2.17. The maximum absolute atomic E-state index is 12.5. The van der Waals surface area contributed by atoms with Crippen LogP contribution in [0.3, 0.4) is 0 Å². The number of carbonyl (C=O) groups excluding carboxylic acids is 2. The molecule has 25 heavy (non-hydrogen) atoms. The second kappa shape index (κ2) is 6.94. The number of nitrogens with zero attached hydrogens (tertiary/aromatic N) is 1. The molecule has 1 aliphatic rings. The Balaban J connectivity index is 1.73. The van der Waals surface area contributed by atoms with Gasteiger partial charge in [0.25, 0.3) is 0 Å². The number of rotatable bonds is 4. The summed E-state index contributed by atoms with van der Waals surface area (Å²) >= 11 is 5.85. The maximum Gasteiger partial charge on any atom is 0.337 e. The number of hydrogen-bond acceptors (Lipinski definition) is 3. The summed E-state index contributed by atoms with van der Waals surface area (Å²) in [6.07, 6.45) is 0.0731. The molecule has 0 aromatic heterocycles. The standard InChI is InChI=1S/C18H15ClN2O4/c19-12-5-7-13(8-6-12)21-10-11(9-16(21)22)17(23)20-15-4-2-1-3-14(15)18(24)25/h1-8,11H,9-10H2,(H,20,23)(H,24,25). The highest BCUT2D eigenvalue weighted by molar-refractivity contribution is 6.30. The first kappa shape index (κ1) is 17.0. The Kier molecular flexibility index (Phi) is 4.72. The highest BCUT2D eigenvalue weighted by Crippen LogP contribution is 2.27. The van der Waals surface area contributed by atoms with Crippen molar-refractivity contribution >= 4 is 40.8 Å². The van der Waals surface area contributed by atoms with Crippen molar-refractivity contribution in [1.82, 2.24) is 0 Å². The van der Waals surface area contributed by atoms with Gasteiger partial charge in [0, 0.05) is 23.7 Å². The average Bonchev–Trinajstić information content (AvgIpc) is 2.98. The zero-order valence-electron chi connectivity index (χ0n) is 13.1. The summed E-state index contributed by atoms with van der Waals surface area (Å²) in [4.78, 5) is 37.4. The highest BCUT2D eigenvalue weighted by Gasteiger charge is 2.35. The fourth-order valence-corrected chi connectivity index (χ4v) is 2.89. The minimum Gasteiger partial charge on any atom is -0.478 e. The molecular formula is C18H15ClN2O4. The Hall–Kier alpha value is -2.86. The predicted molar refractivity (Wildman–Crippen MR) is 93.9 cm³/mol. The lowest BCUT2D eigenvalue weighted by atomic mass is 10.1. The van der Waals surface area contributed by atoms with E-state index in [0.717, 1.165) is 0 Å². The van der Waals surface area contributed by atoms with Gasteiger partial charge in [0.15, 0.2) is 0 Å². The third-order valence-corrected chi connectivity index (χ3v) is 4.30. The number of carbonyl (C=O) groups is 3. The number of amides is 2. The molecule has 1 fully saturated rings. The Morgan fingerprint density at radius 1 is 1.12 bits per heavy atom. The molecule has 1 saturated heterocycles. The van der Waals surface area contributed by atoms with Crippen LogP contribution in [0.1, 0.15) is 16.8 Å². The summed E-state index contributed by atoms with van der Waals surface area (Å²) in [6, 6.07) is 13.0. The number of halogens is 1. The minimum absolute atomic E-state index is 0.00901. The van der Waals surface area contributed by atoms with Crippen molar-refractivity contribution in [2.24, 2.45) is 5.92 Å². The smallest absolute Gasteiger partial charge is 0.337 e. The number of carboxylic acids is 1. The molecular weight excluding hydrogens is 344 g/mol. The highest BCUT2D eigenvalue weighted by atomic mass is 35.5. The quantitative estimate of drug-likeness (QED) is 0.879. The molecule has 1 heterocycles. The first-order valence-corrected chi connectivity index (χ1v) is 8.02. The molecule has 0 bridgehead atoms. The van der Waals surface area contributed by atoms with Crippen molar-refractivity contribution in [2.45, 2.75) is 6.42 Å². The molecule has 1 aliphatic heterocycles. The van der Waals surface area contributed by atoms with Gasteiger partial charge in [-0.1, -0.05) is 23.7 Å². The SMILES string of the molecule is O=C(O)c1ccccc1NC(=O)C1CC(=O)N(c2ccc(Cl)cc2)C1. The van der Waals surface area contributed by atoms with E-state index in [0.29, 0.717) is 10.7 Å². The van der Waals surface area contributed by atoms with Gasteiger partial charge in [0.2, 0.25) is 11.8 Å². The van der Waals surface area contributed by atoms with Gasteiger partial charge in [-0.3, -0.25) is 9.59 Å².